The molecule has 1 amide bonds. The number of methoxy groups -OCH3 is 1. The van der Waals surface area contributed by atoms with E-state index in [4.69, 9.17) is 9.15 Å². The maximum atomic E-state index is 12.4. The van der Waals surface area contributed by atoms with E-state index in [0.717, 1.165) is 0 Å². The molecule has 2 aromatic heterocycles. The number of hydrogen-bond donors (Lipinski definition) is 1. The predicted molar refractivity (Wildman–Crippen MR) is 103 cm³/mol. The van der Waals surface area contributed by atoms with Gasteiger partial charge in [0.1, 0.15) is 18.1 Å². The third-order valence-electron chi connectivity index (χ3n) is 4.09. The van der Waals surface area contributed by atoms with Crippen LogP contribution in [0, 0.1) is 17.0 Å². The van der Waals surface area contributed by atoms with Gasteiger partial charge in [0.2, 0.25) is 0 Å². The van der Waals surface area contributed by atoms with Crippen molar-refractivity contribution in [3.05, 3.63) is 69.4 Å². The number of nitro groups is 1. The lowest BCUT2D eigenvalue weighted by Crippen LogP contribution is -2.14. The van der Waals surface area contributed by atoms with E-state index in [1.165, 1.54) is 36.2 Å². The molecular formula is C19H18N4O7. The standard InChI is InChI=1S/C19H18N4O7/c1-11-8-12(4-6-15(11)23(26)27)29-10-13-5-7-16(30-13)18(24)20-14-9-22(2)21-17(14)19(25)28-3/h4-9H,10H2,1-3H3,(H,20,24). The number of carbonyl (C=O) groups excluding carboxylic acids is 2. The van der Waals surface area contributed by atoms with Crippen molar-refractivity contribution in [1.82, 2.24) is 9.78 Å². The number of rotatable bonds is 7. The number of aryl methyl sites for hydroxylation is 2. The van der Waals surface area contributed by atoms with Gasteiger partial charge in [-0.15, -0.1) is 0 Å². The second kappa shape index (κ2) is 8.47. The number of esters is 1. The van der Waals surface area contributed by atoms with Crippen LogP contribution in [0.5, 0.6) is 5.75 Å². The van der Waals surface area contributed by atoms with Crippen LogP contribution in [0.3, 0.4) is 0 Å². The molecule has 0 aliphatic heterocycles. The van der Waals surface area contributed by atoms with E-state index in [9.17, 15) is 19.7 Å². The van der Waals surface area contributed by atoms with Crippen molar-refractivity contribution in [2.24, 2.45) is 7.05 Å². The molecule has 1 aromatic carbocycles. The SMILES string of the molecule is COC(=O)c1nn(C)cc1NC(=O)c1ccc(COc2ccc([N+](=O)[O-])c(C)c2)o1. The number of ether oxygens (including phenoxy) is 2. The number of hydrogen-bond acceptors (Lipinski definition) is 8. The number of nitro benzene ring substituents is 1. The van der Waals surface area contributed by atoms with Gasteiger partial charge in [-0.2, -0.15) is 5.10 Å². The fourth-order valence-corrected chi connectivity index (χ4v) is 2.67. The van der Waals surface area contributed by atoms with E-state index in [1.54, 1.807) is 26.1 Å². The first-order valence-electron chi connectivity index (χ1n) is 8.68. The fraction of sp³-hybridized carbons (Fsp3) is 0.211. The highest BCUT2D eigenvalue weighted by atomic mass is 16.6. The molecule has 0 aliphatic rings. The van der Waals surface area contributed by atoms with Gasteiger partial charge < -0.3 is 19.2 Å². The van der Waals surface area contributed by atoms with E-state index in [0.29, 0.717) is 17.1 Å². The quantitative estimate of drug-likeness (QED) is 0.354. The molecule has 0 spiro atoms. The number of aromatic nitrogens is 2. The van der Waals surface area contributed by atoms with Gasteiger partial charge in [-0.05, 0) is 31.2 Å². The number of carbonyl (C=O) groups is 2. The first-order chi connectivity index (χ1) is 14.3. The molecule has 0 radical (unpaired) electrons. The summed E-state index contributed by atoms with van der Waals surface area (Å²) in [4.78, 5) is 34.6. The van der Waals surface area contributed by atoms with Crippen LogP contribution in [-0.2, 0) is 18.4 Å². The number of furan rings is 1. The summed E-state index contributed by atoms with van der Waals surface area (Å²) in [6.45, 7) is 1.63. The average Bonchev–Trinajstić information content (AvgIpc) is 3.32. The number of anilines is 1. The van der Waals surface area contributed by atoms with E-state index in [-0.39, 0.29) is 29.4 Å². The van der Waals surface area contributed by atoms with Gasteiger partial charge >= 0.3 is 5.97 Å². The van der Waals surface area contributed by atoms with Crippen LogP contribution in [0.4, 0.5) is 11.4 Å². The highest BCUT2D eigenvalue weighted by Gasteiger charge is 2.20. The third kappa shape index (κ3) is 4.46. The number of amides is 1. The van der Waals surface area contributed by atoms with E-state index < -0.39 is 16.8 Å². The van der Waals surface area contributed by atoms with Gasteiger partial charge in [-0.25, -0.2) is 4.79 Å². The lowest BCUT2D eigenvalue weighted by molar-refractivity contribution is -0.385. The zero-order valence-electron chi connectivity index (χ0n) is 16.4. The van der Waals surface area contributed by atoms with Crippen molar-refractivity contribution in [1.29, 1.82) is 0 Å². The lowest BCUT2D eigenvalue weighted by atomic mass is 10.2. The Morgan fingerprint density at radius 1 is 1.30 bits per heavy atom. The molecule has 0 saturated heterocycles. The normalized spacial score (nSPS) is 10.5. The van der Waals surface area contributed by atoms with Gasteiger partial charge in [0.25, 0.3) is 11.6 Å². The summed E-state index contributed by atoms with van der Waals surface area (Å²) in [6.07, 6.45) is 1.47. The highest BCUT2D eigenvalue weighted by molar-refractivity contribution is 6.05. The number of benzene rings is 1. The Balaban J connectivity index is 1.65. The Labute approximate surface area is 170 Å². The largest absolute Gasteiger partial charge is 0.486 e. The Kier molecular flexibility index (Phi) is 5.81. The van der Waals surface area contributed by atoms with Crippen LogP contribution >= 0.6 is 0 Å². The molecule has 2 heterocycles. The van der Waals surface area contributed by atoms with Crippen molar-refractivity contribution in [3.8, 4) is 5.75 Å². The molecule has 3 aromatic rings. The molecule has 0 unspecified atom stereocenters. The summed E-state index contributed by atoms with van der Waals surface area (Å²) in [7, 11) is 2.82. The fourth-order valence-electron chi connectivity index (χ4n) is 2.67. The molecule has 11 nitrogen and oxygen atoms in total. The first kappa shape index (κ1) is 20.6. The average molecular weight is 414 g/mol. The second-order valence-electron chi connectivity index (χ2n) is 6.27. The second-order valence-corrected chi connectivity index (χ2v) is 6.27. The molecule has 30 heavy (non-hydrogen) atoms. The maximum Gasteiger partial charge on any atom is 0.360 e. The predicted octanol–water partition coefficient (Wildman–Crippen LogP) is 2.85. The molecule has 0 bridgehead atoms. The molecule has 0 aliphatic carbocycles. The van der Waals surface area contributed by atoms with Crippen molar-refractivity contribution in [3.63, 3.8) is 0 Å². The Morgan fingerprint density at radius 2 is 2.07 bits per heavy atom. The molecule has 156 valence electrons. The van der Waals surface area contributed by atoms with E-state index >= 15 is 0 Å². The first-order valence-corrected chi connectivity index (χ1v) is 8.68. The van der Waals surface area contributed by atoms with Gasteiger partial charge in [-0.1, -0.05) is 0 Å². The zero-order chi connectivity index (χ0) is 21.8. The van der Waals surface area contributed by atoms with Crippen molar-refractivity contribution in [2.45, 2.75) is 13.5 Å². The Hall–Kier alpha value is -4.15. The van der Waals surface area contributed by atoms with Gasteiger partial charge in [0.15, 0.2) is 11.5 Å². The van der Waals surface area contributed by atoms with Crippen LogP contribution in [0.15, 0.2) is 40.9 Å². The van der Waals surface area contributed by atoms with E-state index in [1.807, 2.05) is 0 Å². The van der Waals surface area contributed by atoms with Gasteiger partial charge in [0.05, 0.1) is 17.7 Å². The number of nitrogens with zero attached hydrogens (tertiary/aromatic N) is 3. The summed E-state index contributed by atoms with van der Waals surface area (Å²) >= 11 is 0. The topological polar surface area (TPSA) is 139 Å². The summed E-state index contributed by atoms with van der Waals surface area (Å²) < 4.78 is 17.1. The van der Waals surface area contributed by atoms with Gasteiger partial charge in [-0.3, -0.25) is 19.6 Å². The van der Waals surface area contributed by atoms with Crippen LogP contribution in [-0.4, -0.2) is 33.7 Å². The van der Waals surface area contributed by atoms with Crippen molar-refractivity contribution in [2.75, 3.05) is 12.4 Å². The molecule has 0 atom stereocenters. The molecule has 1 N–H and O–H groups in total. The van der Waals surface area contributed by atoms with Crippen LogP contribution in [0.1, 0.15) is 32.4 Å². The van der Waals surface area contributed by atoms with Crippen molar-refractivity contribution < 1.29 is 28.4 Å². The van der Waals surface area contributed by atoms with Gasteiger partial charge in [0, 0.05) is 24.9 Å². The monoisotopic (exact) mass is 414 g/mol. The number of nitrogens with one attached hydrogen (secondary N) is 1. The molecular weight excluding hydrogens is 396 g/mol. The summed E-state index contributed by atoms with van der Waals surface area (Å²) in [5.41, 5.74) is 0.623. The smallest absolute Gasteiger partial charge is 0.360 e. The van der Waals surface area contributed by atoms with Crippen LogP contribution in [0.2, 0.25) is 0 Å². The Bertz CT molecular complexity index is 1120. The lowest BCUT2D eigenvalue weighted by Gasteiger charge is -2.05. The summed E-state index contributed by atoms with van der Waals surface area (Å²) in [5.74, 6) is -0.453. The molecule has 11 heteroatoms. The Morgan fingerprint density at radius 3 is 2.73 bits per heavy atom. The summed E-state index contributed by atoms with van der Waals surface area (Å²) in [5, 5.41) is 17.4. The van der Waals surface area contributed by atoms with Crippen LogP contribution < -0.4 is 10.1 Å². The summed E-state index contributed by atoms with van der Waals surface area (Å²) in [6, 6.07) is 7.42. The minimum atomic E-state index is -0.683. The van der Waals surface area contributed by atoms with E-state index in [2.05, 4.69) is 15.2 Å². The zero-order valence-corrected chi connectivity index (χ0v) is 16.4. The van der Waals surface area contributed by atoms with Crippen LogP contribution in [0.25, 0.3) is 0 Å². The molecule has 0 saturated carbocycles. The minimum Gasteiger partial charge on any atom is -0.486 e. The van der Waals surface area contributed by atoms with Crippen molar-refractivity contribution >= 4 is 23.3 Å². The minimum absolute atomic E-state index is 0.000955. The third-order valence-corrected chi connectivity index (χ3v) is 4.09. The molecule has 3 rings (SSSR count). The highest BCUT2D eigenvalue weighted by Crippen LogP contribution is 2.24. The maximum absolute atomic E-state index is 12.4. The molecule has 0 fully saturated rings.